The molecule has 0 unspecified atom stereocenters. The number of imidazole rings is 1. The van der Waals surface area contributed by atoms with Gasteiger partial charge in [0, 0.05) is 31.6 Å². The maximum Gasteiger partial charge on any atom is 0.251 e. The Hall–Kier alpha value is -3.19. The first-order chi connectivity index (χ1) is 14.6. The van der Waals surface area contributed by atoms with Crippen LogP contribution in [0.25, 0.3) is 11.0 Å². The quantitative estimate of drug-likeness (QED) is 0.681. The van der Waals surface area contributed by atoms with Gasteiger partial charge >= 0.3 is 0 Å². The van der Waals surface area contributed by atoms with Crippen molar-refractivity contribution in [2.24, 2.45) is 0 Å². The zero-order chi connectivity index (χ0) is 20.9. The van der Waals surface area contributed by atoms with Crippen LogP contribution < -0.4 is 5.32 Å². The lowest BCUT2D eigenvalue weighted by atomic mass is 10.1. The van der Waals surface area contributed by atoms with Gasteiger partial charge in [-0.3, -0.25) is 9.59 Å². The molecule has 7 nitrogen and oxygen atoms in total. The normalized spacial score (nSPS) is 14.1. The molecule has 0 saturated carbocycles. The van der Waals surface area contributed by atoms with Crippen molar-refractivity contribution in [2.45, 2.75) is 19.9 Å². The molecule has 7 heteroatoms. The van der Waals surface area contributed by atoms with Gasteiger partial charge in [-0.05, 0) is 30.7 Å². The molecule has 1 N–H and O–H groups in total. The molecule has 0 spiro atoms. The number of ether oxygens (including phenoxy) is 1. The Bertz CT molecular complexity index is 1050. The molecule has 4 rings (SSSR count). The molecule has 1 aliphatic rings. The van der Waals surface area contributed by atoms with Gasteiger partial charge in [0.1, 0.15) is 12.4 Å². The lowest BCUT2D eigenvalue weighted by molar-refractivity contribution is -0.135. The summed E-state index contributed by atoms with van der Waals surface area (Å²) in [5.74, 6) is 0.759. The summed E-state index contributed by atoms with van der Waals surface area (Å²) in [7, 11) is 0. The molecule has 1 aliphatic heterocycles. The Morgan fingerprint density at radius 1 is 1.07 bits per heavy atom. The number of carbonyl (C=O) groups excluding carboxylic acids is 2. The summed E-state index contributed by atoms with van der Waals surface area (Å²) in [6.07, 6.45) is 0.544. The number of benzene rings is 2. The fraction of sp³-hybridized carbons (Fsp3) is 0.348. The van der Waals surface area contributed by atoms with E-state index in [0.717, 1.165) is 22.4 Å². The van der Waals surface area contributed by atoms with Crippen molar-refractivity contribution in [1.29, 1.82) is 0 Å². The number of nitrogens with one attached hydrogen (secondary N) is 1. The van der Waals surface area contributed by atoms with E-state index in [9.17, 15) is 9.59 Å². The number of nitrogens with zero attached hydrogens (tertiary/aromatic N) is 3. The average molecular weight is 406 g/mol. The third kappa shape index (κ3) is 4.36. The minimum Gasteiger partial charge on any atom is -0.378 e. The maximum atomic E-state index is 12.8. The second-order valence-electron chi connectivity index (χ2n) is 7.42. The van der Waals surface area contributed by atoms with Crippen molar-refractivity contribution in [1.82, 2.24) is 19.8 Å². The van der Waals surface area contributed by atoms with Crippen LogP contribution in [0.4, 0.5) is 0 Å². The molecule has 156 valence electrons. The smallest absolute Gasteiger partial charge is 0.251 e. The highest BCUT2D eigenvalue weighted by molar-refractivity contribution is 5.95. The summed E-state index contributed by atoms with van der Waals surface area (Å²) < 4.78 is 7.31. The van der Waals surface area contributed by atoms with Crippen molar-refractivity contribution in [3.05, 3.63) is 65.5 Å². The first-order valence-corrected chi connectivity index (χ1v) is 10.3. The highest BCUT2D eigenvalue weighted by atomic mass is 16.5. The maximum absolute atomic E-state index is 12.8. The molecule has 0 atom stereocenters. The van der Waals surface area contributed by atoms with Gasteiger partial charge in [-0.15, -0.1) is 0 Å². The molecule has 1 fully saturated rings. The van der Waals surface area contributed by atoms with Crippen LogP contribution in [0.15, 0.2) is 48.5 Å². The fourth-order valence-electron chi connectivity index (χ4n) is 3.75. The molecule has 0 radical (unpaired) electrons. The van der Waals surface area contributed by atoms with E-state index in [0.29, 0.717) is 44.8 Å². The molecule has 1 saturated heterocycles. The number of aromatic nitrogens is 2. The lowest BCUT2D eigenvalue weighted by Crippen LogP contribution is -2.42. The SMILES string of the molecule is Cc1ccccc1C(=O)NCCc1nc2ccccc2n1CC(=O)N1CCOCC1. The number of para-hydroxylation sites is 2. The van der Waals surface area contributed by atoms with Crippen LogP contribution in [0, 0.1) is 6.92 Å². The van der Waals surface area contributed by atoms with Crippen LogP contribution in [0.3, 0.4) is 0 Å². The Morgan fingerprint density at radius 3 is 2.60 bits per heavy atom. The monoisotopic (exact) mass is 406 g/mol. The molecule has 2 heterocycles. The molecule has 2 aromatic carbocycles. The van der Waals surface area contributed by atoms with Gasteiger partial charge in [0.15, 0.2) is 0 Å². The number of amides is 2. The van der Waals surface area contributed by atoms with E-state index >= 15 is 0 Å². The van der Waals surface area contributed by atoms with E-state index in [-0.39, 0.29) is 18.4 Å². The molecular formula is C23H26N4O3. The van der Waals surface area contributed by atoms with Crippen LogP contribution in [-0.2, 0) is 22.5 Å². The zero-order valence-electron chi connectivity index (χ0n) is 17.1. The first kappa shape index (κ1) is 20.1. The molecule has 1 aromatic heterocycles. The third-order valence-electron chi connectivity index (χ3n) is 5.41. The van der Waals surface area contributed by atoms with Crippen molar-refractivity contribution < 1.29 is 14.3 Å². The van der Waals surface area contributed by atoms with Crippen molar-refractivity contribution >= 4 is 22.8 Å². The van der Waals surface area contributed by atoms with Crippen LogP contribution in [0.5, 0.6) is 0 Å². The zero-order valence-corrected chi connectivity index (χ0v) is 17.1. The molecule has 0 aliphatic carbocycles. The van der Waals surface area contributed by atoms with Crippen molar-refractivity contribution in [2.75, 3.05) is 32.8 Å². The predicted molar refractivity (Wildman–Crippen MR) is 114 cm³/mol. The Kier molecular flexibility index (Phi) is 6.09. The number of aryl methyl sites for hydroxylation is 1. The summed E-state index contributed by atoms with van der Waals surface area (Å²) in [6.45, 7) is 5.00. The molecule has 2 amide bonds. The molecule has 30 heavy (non-hydrogen) atoms. The average Bonchev–Trinajstić information content (AvgIpc) is 3.12. The second-order valence-corrected chi connectivity index (χ2v) is 7.42. The summed E-state index contributed by atoms with van der Waals surface area (Å²) in [4.78, 5) is 31.9. The Labute approximate surface area is 175 Å². The summed E-state index contributed by atoms with van der Waals surface area (Å²) in [5.41, 5.74) is 3.40. The number of carbonyl (C=O) groups is 2. The summed E-state index contributed by atoms with van der Waals surface area (Å²) in [6, 6.07) is 15.3. The van der Waals surface area contributed by atoms with E-state index in [1.165, 1.54) is 0 Å². The largest absolute Gasteiger partial charge is 0.378 e. The summed E-state index contributed by atoms with van der Waals surface area (Å²) in [5, 5.41) is 2.97. The number of hydrogen-bond acceptors (Lipinski definition) is 4. The molecular weight excluding hydrogens is 380 g/mol. The van der Waals surface area contributed by atoms with Gasteiger partial charge in [-0.2, -0.15) is 0 Å². The van der Waals surface area contributed by atoms with Crippen molar-refractivity contribution in [3.8, 4) is 0 Å². The summed E-state index contributed by atoms with van der Waals surface area (Å²) >= 11 is 0. The minimum atomic E-state index is -0.0971. The molecule has 3 aromatic rings. The standard InChI is InChI=1S/C23H26N4O3/c1-17-6-2-3-7-18(17)23(29)24-11-10-21-25-19-8-4-5-9-20(19)27(21)16-22(28)26-12-14-30-15-13-26/h2-9H,10-16H2,1H3,(H,24,29). The Balaban J connectivity index is 1.48. The van der Waals surface area contributed by atoms with E-state index in [1.807, 2.05) is 64.9 Å². The Morgan fingerprint density at radius 2 is 1.80 bits per heavy atom. The number of hydrogen-bond donors (Lipinski definition) is 1. The van der Waals surface area contributed by atoms with E-state index in [4.69, 9.17) is 9.72 Å². The number of rotatable bonds is 6. The van der Waals surface area contributed by atoms with Crippen LogP contribution >= 0.6 is 0 Å². The topological polar surface area (TPSA) is 76.5 Å². The first-order valence-electron chi connectivity index (χ1n) is 10.3. The van der Waals surface area contributed by atoms with Crippen molar-refractivity contribution in [3.63, 3.8) is 0 Å². The van der Waals surface area contributed by atoms with Crippen LogP contribution in [-0.4, -0.2) is 59.1 Å². The molecule has 0 bridgehead atoms. The van der Waals surface area contributed by atoms with Gasteiger partial charge in [-0.25, -0.2) is 4.98 Å². The van der Waals surface area contributed by atoms with Gasteiger partial charge in [0.2, 0.25) is 5.91 Å². The van der Waals surface area contributed by atoms with Gasteiger partial charge in [0.05, 0.1) is 24.2 Å². The lowest BCUT2D eigenvalue weighted by Gasteiger charge is -2.27. The van der Waals surface area contributed by atoms with Crippen LogP contribution in [0.2, 0.25) is 0 Å². The van der Waals surface area contributed by atoms with Gasteiger partial charge in [0.25, 0.3) is 5.91 Å². The minimum absolute atomic E-state index is 0.0617. The highest BCUT2D eigenvalue weighted by Gasteiger charge is 2.20. The van der Waals surface area contributed by atoms with Gasteiger partial charge in [-0.1, -0.05) is 30.3 Å². The van der Waals surface area contributed by atoms with E-state index in [2.05, 4.69) is 5.32 Å². The van der Waals surface area contributed by atoms with E-state index in [1.54, 1.807) is 0 Å². The van der Waals surface area contributed by atoms with Crippen LogP contribution in [0.1, 0.15) is 21.7 Å². The predicted octanol–water partition coefficient (Wildman–Crippen LogP) is 2.18. The van der Waals surface area contributed by atoms with Gasteiger partial charge < -0.3 is 19.5 Å². The number of fused-ring (bicyclic) bond motifs is 1. The highest BCUT2D eigenvalue weighted by Crippen LogP contribution is 2.17. The third-order valence-corrected chi connectivity index (χ3v) is 5.41. The number of morpholine rings is 1. The second kappa shape index (κ2) is 9.09. The fourth-order valence-corrected chi connectivity index (χ4v) is 3.75. The van der Waals surface area contributed by atoms with E-state index < -0.39 is 0 Å².